The molecule has 0 aliphatic carbocycles. The van der Waals surface area contributed by atoms with E-state index in [0.717, 1.165) is 51.4 Å². The zero-order chi connectivity index (χ0) is 25.8. The number of carbonyl (C=O) groups excluding carboxylic acids is 2. The predicted octanol–water partition coefficient (Wildman–Crippen LogP) is 6.68. The molecule has 1 aromatic carbocycles. The molecule has 2 N–H and O–H groups in total. The first-order valence-corrected chi connectivity index (χ1v) is 12.8. The van der Waals surface area contributed by atoms with Crippen molar-refractivity contribution < 1.29 is 29.3 Å². The van der Waals surface area contributed by atoms with Gasteiger partial charge in [-0.05, 0) is 25.0 Å². The molecule has 0 bridgehead atoms. The van der Waals surface area contributed by atoms with E-state index in [4.69, 9.17) is 9.47 Å². The second-order valence-corrected chi connectivity index (χ2v) is 10.6. The smallest absolute Gasteiger partial charge is 0.306 e. The van der Waals surface area contributed by atoms with Crippen molar-refractivity contribution in [2.45, 2.75) is 117 Å². The molecule has 1 aromatic rings. The van der Waals surface area contributed by atoms with Gasteiger partial charge in [0.05, 0.1) is 13.0 Å². The Morgan fingerprint density at radius 3 is 1.82 bits per heavy atom. The van der Waals surface area contributed by atoms with Crippen LogP contribution in [0.4, 0.5) is 0 Å². The highest BCUT2D eigenvalue weighted by molar-refractivity contribution is 5.72. The van der Waals surface area contributed by atoms with Crippen LogP contribution in [-0.4, -0.2) is 35.4 Å². The third-order valence-electron chi connectivity index (χ3n) is 6.25. The molecule has 0 fully saturated rings. The van der Waals surface area contributed by atoms with Crippen LogP contribution >= 0.6 is 0 Å². The number of hydrogen-bond donors (Lipinski definition) is 2. The predicted molar refractivity (Wildman–Crippen MR) is 135 cm³/mol. The fourth-order valence-electron chi connectivity index (χ4n) is 3.99. The number of phenolic OH excluding ortho intramolecular Hbond substituents is 2. The lowest BCUT2D eigenvalue weighted by Gasteiger charge is -2.29. The van der Waals surface area contributed by atoms with Gasteiger partial charge in [-0.15, -0.1) is 0 Å². The molecule has 0 spiro atoms. The highest BCUT2D eigenvalue weighted by Gasteiger charge is 2.32. The van der Waals surface area contributed by atoms with Gasteiger partial charge in [-0.2, -0.15) is 0 Å². The average molecular weight is 479 g/mol. The number of aromatic hydroxyl groups is 2. The zero-order valence-electron chi connectivity index (χ0n) is 22.2. The third kappa shape index (κ3) is 9.94. The summed E-state index contributed by atoms with van der Waals surface area (Å²) in [4.78, 5) is 24.4. The number of carbonyl (C=O) groups is 2. The van der Waals surface area contributed by atoms with Crippen LogP contribution in [0.5, 0.6) is 11.5 Å². The normalized spacial score (nSPS) is 11.9. The Morgan fingerprint density at radius 2 is 1.26 bits per heavy atom. The first-order chi connectivity index (χ1) is 15.9. The van der Waals surface area contributed by atoms with Gasteiger partial charge in [0.25, 0.3) is 0 Å². The monoisotopic (exact) mass is 478 g/mol. The SMILES string of the molecule is CCCCCCOC(=O)CC(C)(C)c1cc(O)c(C(C)(C)COC(=O)CCCCCC)cc1O. The van der Waals surface area contributed by atoms with Crippen molar-refractivity contribution in [3.63, 3.8) is 0 Å². The number of rotatable bonds is 16. The molecule has 34 heavy (non-hydrogen) atoms. The van der Waals surface area contributed by atoms with E-state index >= 15 is 0 Å². The molecule has 0 aromatic heterocycles. The molecule has 0 heterocycles. The molecular formula is C28H46O6. The summed E-state index contributed by atoms with van der Waals surface area (Å²) in [5.41, 5.74) is -0.460. The van der Waals surface area contributed by atoms with Crippen LogP contribution in [0, 0.1) is 0 Å². The number of phenols is 2. The molecule has 6 nitrogen and oxygen atoms in total. The van der Waals surface area contributed by atoms with Crippen molar-refractivity contribution in [2.75, 3.05) is 13.2 Å². The van der Waals surface area contributed by atoms with Crippen LogP contribution < -0.4 is 0 Å². The summed E-state index contributed by atoms with van der Waals surface area (Å²) in [6.07, 6.45) is 8.63. The van der Waals surface area contributed by atoms with Gasteiger partial charge in [0.1, 0.15) is 18.1 Å². The second kappa shape index (κ2) is 14.2. The lowest BCUT2D eigenvalue weighted by atomic mass is 9.77. The number of benzene rings is 1. The second-order valence-electron chi connectivity index (χ2n) is 10.6. The first-order valence-electron chi connectivity index (χ1n) is 12.8. The van der Waals surface area contributed by atoms with E-state index in [1.54, 1.807) is 0 Å². The van der Waals surface area contributed by atoms with Crippen LogP contribution in [-0.2, 0) is 29.9 Å². The minimum absolute atomic E-state index is 0.00203. The van der Waals surface area contributed by atoms with Crippen molar-refractivity contribution in [1.29, 1.82) is 0 Å². The summed E-state index contributed by atoms with van der Waals surface area (Å²) in [6, 6.07) is 3.02. The molecule has 0 amide bonds. The number of ether oxygens (including phenoxy) is 2. The van der Waals surface area contributed by atoms with E-state index in [1.165, 1.54) is 12.1 Å². The van der Waals surface area contributed by atoms with Crippen LogP contribution in [0.1, 0.15) is 117 Å². The van der Waals surface area contributed by atoms with Crippen LogP contribution in [0.15, 0.2) is 12.1 Å². The van der Waals surface area contributed by atoms with Gasteiger partial charge in [-0.1, -0.05) is 80.1 Å². The van der Waals surface area contributed by atoms with Crippen molar-refractivity contribution in [2.24, 2.45) is 0 Å². The molecule has 0 atom stereocenters. The molecular weight excluding hydrogens is 432 g/mol. The molecule has 0 radical (unpaired) electrons. The number of esters is 2. The Bertz CT molecular complexity index is 781. The van der Waals surface area contributed by atoms with E-state index < -0.39 is 10.8 Å². The Hall–Kier alpha value is -2.24. The largest absolute Gasteiger partial charge is 0.508 e. The van der Waals surface area contributed by atoms with Gasteiger partial charge in [0.15, 0.2) is 0 Å². The minimum atomic E-state index is -0.726. The van der Waals surface area contributed by atoms with Crippen LogP contribution in [0.25, 0.3) is 0 Å². The van der Waals surface area contributed by atoms with Crippen LogP contribution in [0.3, 0.4) is 0 Å². The fourth-order valence-corrected chi connectivity index (χ4v) is 3.99. The molecule has 0 aliphatic heterocycles. The summed E-state index contributed by atoms with van der Waals surface area (Å²) in [5.74, 6) is -0.584. The Morgan fingerprint density at radius 1 is 0.735 bits per heavy atom. The van der Waals surface area contributed by atoms with Gasteiger partial charge in [-0.3, -0.25) is 9.59 Å². The average Bonchev–Trinajstić information content (AvgIpc) is 2.76. The van der Waals surface area contributed by atoms with E-state index in [1.807, 2.05) is 27.7 Å². The Kier molecular flexibility index (Phi) is 12.5. The van der Waals surface area contributed by atoms with E-state index in [9.17, 15) is 19.8 Å². The third-order valence-corrected chi connectivity index (χ3v) is 6.25. The van der Waals surface area contributed by atoms with Crippen molar-refractivity contribution in [3.05, 3.63) is 23.3 Å². The maximum absolute atomic E-state index is 12.3. The molecule has 0 saturated carbocycles. The van der Waals surface area contributed by atoms with E-state index in [-0.39, 0.29) is 36.5 Å². The topological polar surface area (TPSA) is 93.1 Å². The van der Waals surface area contributed by atoms with Gasteiger partial charge in [0, 0.05) is 28.4 Å². The van der Waals surface area contributed by atoms with Crippen molar-refractivity contribution >= 4 is 11.9 Å². The quantitative estimate of drug-likeness (QED) is 0.156. The molecule has 0 saturated heterocycles. The van der Waals surface area contributed by atoms with E-state index in [2.05, 4.69) is 13.8 Å². The maximum atomic E-state index is 12.3. The summed E-state index contributed by atoms with van der Waals surface area (Å²) in [6.45, 7) is 12.1. The summed E-state index contributed by atoms with van der Waals surface area (Å²) in [7, 11) is 0. The molecule has 0 aliphatic rings. The molecule has 1 rings (SSSR count). The van der Waals surface area contributed by atoms with Crippen molar-refractivity contribution in [3.8, 4) is 11.5 Å². The fraction of sp³-hybridized carbons (Fsp3) is 0.714. The molecule has 6 heteroatoms. The maximum Gasteiger partial charge on any atom is 0.306 e. The molecule has 0 unspecified atom stereocenters. The zero-order valence-corrected chi connectivity index (χ0v) is 22.2. The summed E-state index contributed by atoms with van der Waals surface area (Å²) in [5, 5.41) is 21.5. The lowest BCUT2D eigenvalue weighted by Crippen LogP contribution is -2.27. The highest BCUT2D eigenvalue weighted by atomic mass is 16.5. The number of hydrogen-bond acceptors (Lipinski definition) is 6. The van der Waals surface area contributed by atoms with Gasteiger partial charge in [-0.25, -0.2) is 0 Å². The Balaban J connectivity index is 2.79. The molecule has 194 valence electrons. The van der Waals surface area contributed by atoms with Gasteiger partial charge < -0.3 is 19.7 Å². The lowest BCUT2D eigenvalue weighted by molar-refractivity contribution is -0.146. The Labute approximate surface area is 206 Å². The van der Waals surface area contributed by atoms with Crippen LogP contribution in [0.2, 0.25) is 0 Å². The van der Waals surface area contributed by atoms with E-state index in [0.29, 0.717) is 24.2 Å². The van der Waals surface area contributed by atoms with Gasteiger partial charge >= 0.3 is 11.9 Å². The first kappa shape index (κ1) is 29.8. The summed E-state index contributed by atoms with van der Waals surface area (Å²) >= 11 is 0. The van der Waals surface area contributed by atoms with Gasteiger partial charge in [0.2, 0.25) is 0 Å². The number of unbranched alkanes of at least 4 members (excludes halogenated alkanes) is 6. The minimum Gasteiger partial charge on any atom is -0.508 e. The summed E-state index contributed by atoms with van der Waals surface area (Å²) < 4.78 is 10.8. The standard InChI is InChI=1S/C28H46O6/c1-7-9-11-13-15-25(31)34-20-28(5,6)22-18-23(29)21(17-24(22)30)27(3,4)19-26(32)33-16-14-12-10-8-2/h17-18,29-30H,7-16,19-20H2,1-6H3. The highest BCUT2D eigenvalue weighted by Crippen LogP contribution is 2.41. The van der Waals surface area contributed by atoms with Crippen molar-refractivity contribution in [1.82, 2.24) is 0 Å².